The molecule has 0 aliphatic heterocycles. The van der Waals surface area contributed by atoms with Gasteiger partial charge in [-0.2, -0.15) is 0 Å². The van der Waals surface area contributed by atoms with Crippen LogP contribution in [0.15, 0.2) is 48.8 Å². The molecule has 0 saturated carbocycles. The molecule has 0 radical (unpaired) electrons. The monoisotopic (exact) mass is 419 g/mol. The van der Waals surface area contributed by atoms with Gasteiger partial charge >= 0.3 is 7.12 Å². The fourth-order valence-electron chi connectivity index (χ4n) is 2.20. The lowest BCUT2D eigenvalue weighted by Gasteiger charge is -2.20. The minimum Gasteiger partial charge on any atom is -0.426 e. The largest absolute Gasteiger partial charge is 0.472 e. The minimum absolute atomic E-state index is 0.109. The fourth-order valence-corrected chi connectivity index (χ4v) is 2.47. The number of pyridine rings is 1. The first kappa shape index (κ1) is 24.6. The first-order chi connectivity index (χ1) is 13.7. The Hall–Kier alpha value is -2.42. The molecule has 0 fully saturated rings. The van der Waals surface area contributed by atoms with Crippen LogP contribution in [0, 0.1) is 5.92 Å². The first-order valence-electron chi connectivity index (χ1n) is 9.28. The van der Waals surface area contributed by atoms with E-state index in [9.17, 15) is 9.59 Å². The van der Waals surface area contributed by atoms with Crippen LogP contribution in [0.2, 0.25) is 5.02 Å². The number of hydrogen-bond acceptors (Lipinski definition) is 5. The van der Waals surface area contributed by atoms with E-state index in [-0.39, 0.29) is 12.9 Å². The van der Waals surface area contributed by atoms with Crippen molar-refractivity contribution in [3.8, 4) is 0 Å². The molecule has 0 aliphatic rings. The number of rotatable bonds is 7. The van der Waals surface area contributed by atoms with E-state index in [0.717, 1.165) is 5.92 Å². The van der Waals surface area contributed by atoms with Gasteiger partial charge in [-0.3, -0.25) is 14.6 Å². The Morgan fingerprint density at radius 2 is 1.79 bits per heavy atom. The Labute approximate surface area is 176 Å². The predicted octanol–water partition coefficient (Wildman–Crippen LogP) is 2.39. The van der Waals surface area contributed by atoms with E-state index in [4.69, 9.17) is 21.6 Å². The van der Waals surface area contributed by atoms with Crippen LogP contribution in [0.1, 0.15) is 49.2 Å². The smallest absolute Gasteiger partial charge is 0.426 e. The van der Waals surface area contributed by atoms with Crippen molar-refractivity contribution < 1.29 is 19.6 Å². The van der Waals surface area contributed by atoms with Gasteiger partial charge in [0.25, 0.3) is 5.91 Å². The molecule has 0 spiro atoms. The lowest BCUT2D eigenvalue weighted by molar-refractivity contribution is -0.121. The summed E-state index contributed by atoms with van der Waals surface area (Å²) in [5, 5.41) is 23.2. The molecule has 2 aromatic rings. The van der Waals surface area contributed by atoms with Crippen molar-refractivity contribution in [1.29, 1.82) is 0 Å². The molecule has 156 valence electrons. The van der Waals surface area contributed by atoms with Crippen molar-refractivity contribution in [2.24, 2.45) is 5.92 Å². The molecule has 1 unspecified atom stereocenters. The van der Waals surface area contributed by atoms with Gasteiger partial charge in [0.1, 0.15) is 0 Å². The number of benzene rings is 1. The second-order valence-electron chi connectivity index (χ2n) is 7.01. The van der Waals surface area contributed by atoms with Gasteiger partial charge in [0.2, 0.25) is 5.91 Å². The molecule has 0 bridgehead atoms. The zero-order valence-corrected chi connectivity index (χ0v) is 17.6. The topological polar surface area (TPSA) is 112 Å². The molecule has 0 aliphatic carbocycles. The maximum absolute atomic E-state index is 12.4. The average Bonchev–Trinajstić information content (AvgIpc) is 2.66. The highest BCUT2D eigenvalue weighted by molar-refractivity contribution is 6.41. The summed E-state index contributed by atoms with van der Waals surface area (Å²) in [6, 6.07) is 9.43. The Morgan fingerprint density at radius 3 is 2.34 bits per heavy atom. The van der Waals surface area contributed by atoms with Crippen LogP contribution >= 0.6 is 11.6 Å². The zero-order chi connectivity index (χ0) is 21.8. The molecule has 2 amide bonds. The molecule has 1 aromatic carbocycles. The Kier molecular flexibility index (Phi) is 11.0. The van der Waals surface area contributed by atoms with Gasteiger partial charge in [-0.25, -0.2) is 0 Å². The van der Waals surface area contributed by atoms with E-state index in [2.05, 4.69) is 36.4 Å². The maximum atomic E-state index is 12.4. The van der Waals surface area contributed by atoms with Crippen LogP contribution in [0.25, 0.3) is 0 Å². The summed E-state index contributed by atoms with van der Waals surface area (Å²) >= 11 is 6.18. The molecular formula is C20H27BClN3O4. The SMILES string of the molecule is CC(C)C.O=C(CC(NC(=O)c1cccnc1)c1ccccc1Cl)NCB(O)O. The van der Waals surface area contributed by atoms with E-state index in [1.807, 2.05) is 0 Å². The van der Waals surface area contributed by atoms with Crippen molar-refractivity contribution in [3.05, 3.63) is 64.9 Å². The standard InChI is InChI=1S/C16H17BClN3O4.C4H10/c18-13-6-2-1-5-12(13)14(8-15(22)20-10-17(24)25)21-16(23)11-4-3-7-19-9-11;1-4(2)3/h1-7,9,14,24-25H,8,10H2,(H,20,22)(H,21,23);4H,1-3H3. The third kappa shape index (κ3) is 10.1. The summed E-state index contributed by atoms with van der Waals surface area (Å²) in [7, 11) is -1.65. The van der Waals surface area contributed by atoms with Crippen LogP contribution < -0.4 is 10.6 Å². The Morgan fingerprint density at radius 1 is 1.14 bits per heavy atom. The van der Waals surface area contributed by atoms with Crippen LogP contribution in [0.5, 0.6) is 0 Å². The van der Waals surface area contributed by atoms with Crippen molar-refractivity contribution in [1.82, 2.24) is 15.6 Å². The molecule has 0 saturated heterocycles. The fraction of sp³-hybridized carbons (Fsp3) is 0.350. The van der Waals surface area contributed by atoms with Crippen LogP contribution in [0.3, 0.4) is 0 Å². The van der Waals surface area contributed by atoms with Crippen LogP contribution in [0.4, 0.5) is 0 Å². The van der Waals surface area contributed by atoms with Crippen molar-refractivity contribution in [2.45, 2.75) is 33.2 Å². The van der Waals surface area contributed by atoms with Gasteiger partial charge < -0.3 is 20.7 Å². The number of carbonyl (C=O) groups is 2. The van der Waals surface area contributed by atoms with E-state index >= 15 is 0 Å². The summed E-state index contributed by atoms with van der Waals surface area (Å²) in [6.45, 7) is 6.50. The molecule has 4 N–H and O–H groups in total. The molecular weight excluding hydrogens is 393 g/mol. The second kappa shape index (κ2) is 12.9. The highest BCUT2D eigenvalue weighted by Crippen LogP contribution is 2.25. The second-order valence-corrected chi connectivity index (χ2v) is 7.42. The van der Waals surface area contributed by atoms with Crippen molar-refractivity contribution >= 4 is 30.5 Å². The lowest BCUT2D eigenvalue weighted by atomic mass is 9.92. The molecule has 29 heavy (non-hydrogen) atoms. The number of nitrogens with one attached hydrogen (secondary N) is 2. The van der Waals surface area contributed by atoms with Gasteiger partial charge in [-0.1, -0.05) is 50.6 Å². The molecule has 1 aromatic heterocycles. The Bertz CT molecular complexity index is 773. The maximum Gasteiger partial charge on any atom is 0.472 e. The number of amides is 2. The minimum atomic E-state index is -1.65. The van der Waals surface area contributed by atoms with Crippen LogP contribution in [-0.2, 0) is 4.79 Å². The van der Waals surface area contributed by atoms with E-state index in [1.54, 1.807) is 42.6 Å². The van der Waals surface area contributed by atoms with E-state index < -0.39 is 25.0 Å². The molecule has 1 heterocycles. The van der Waals surface area contributed by atoms with Gasteiger partial charge in [0, 0.05) is 17.4 Å². The van der Waals surface area contributed by atoms with E-state index in [1.165, 1.54) is 6.20 Å². The number of aromatic nitrogens is 1. The highest BCUT2D eigenvalue weighted by Gasteiger charge is 2.22. The molecule has 9 heteroatoms. The van der Waals surface area contributed by atoms with Gasteiger partial charge in [0.15, 0.2) is 0 Å². The molecule has 7 nitrogen and oxygen atoms in total. The zero-order valence-electron chi connectivity index (χ0n) is 16.8. The molecule has 1 atom stereocenters. The van der Waals surface area contributed by atoms with Crippen molar-refractivity contribution in [3.63, 3.8) is 0 Å². The summed E-state index contributed by atoms with van der Waals surface area (Å²) in [4.78, 5) is 28.3. The normalized spacial score (nSPS) is 11.1. The van der Waals surface area contributed by atoms with Gasteiger partial charge in [0.05, 0.1) is 24.5 Å². The number of nitrogens with zero attached hydrogens (tertiary/aromatic N) is 1. The van der Waals surface area contributed by atoms with Gasteiger partial charge in [-0.05, 0) is 29.7 Å². The van der Waals surface area contributed by atoms with E-state index in [0.29, 0.717) is 16.1 Å². The third-order valence-electron chi connectivity index (χ3n) is 3.38. The van der Waals surface area contributed by atoms with Crippen molar-refractivity contribution in [2.75, 3.05) is 6.44 Å². The summed E-state index contributed by atoms with van der Waals surface area (Å²) in [5.74, 6) is -0.0162. The summed E-state index contributed by atoms with van der Waals surface area (Å²) in [5.41, 5.74) is 0.937. The highest BCUT2D eigenvalue weighted by atomic mass is 35.5. The number of halogens is 1. The first-order valence-corrected chi connectivity index (χ1v) is 9.66. The Balaban J connectivity index is 0.000000960. The summed E-state index contributed by atoms with van der Waals surface area (Å²) < 4.78 is 0. The number of hydrogen-bond donors (Lipinski definition) is 4. The molecule has 2 rings (SSSR count). The predicted molar refractivity (Wildman–Crippen MR) is 114 cm³/mol. The average molecular weight is 420 g/mol. The lowest BCUT2D eigenvalue weighted by Crippen LogP contribution is -2.38. The van der Waals surface area contributed by atoms with Gasteiger partial charge in [-0.15, -0.1) is 0 Å². The van der Waals surface area contributed by atoms with Crippen LogP contribution in [-0.4, -0.2) is 40.4 Å². The summed E-state index contributed by atoms with van der Waals surface area (Å²) in [6.07, 6.45) is 2.56. The third-order valence-corrected chi connectivity index (χ3v) is 3.73. The number of carbonyl (C=O) groups excluding carboxylic acids is 2. The quantitative estimate of drug-likeness (QED) is 0.515.